The zero-order chi connectivity index (χ0) is 19.4. The Balaban J connectivity index is 1.62. The molecule has 27 heavy (non-hydrogen) atoms. The smallest absolute Gasteiger partial charge is 0.251 e. The summed E-state index contributed by atoms with van der Waals surface area (Å²) in [7, 11) is 1.57. The van der Waals surface area contributed by atoms with Gasteiger partial charge in [-0.2, -0.15) is 0 Å². The molecule has 0 spiro atoms. The molecule has 6 nitrogen and oxygen atoms in total. The Morgan fingerprint density at radius 3 is 2.70 bits per heavy atom. The second-order valence-electron chi connectivity index (χ2n) is 6.35. The van der Waals surface area contributed by atoms with E-state index in [0.717, 1.165) is 5.56 Å². The van der Waals surface area contributed by atoms with Gasteiger partial charge < -0.3 is 15.5 Å². The van der Waals surface area contributed by atoms with Crippen LogP contribution in [0.5, 0.6) is 0 Å². The minimum Gasteiger partial charge on any atom is -0.355 e. The van der Waals surface area contributed by atoms with Gasteiger partial charge in [0.15, 0.2) is 0 Å². The predicted molar refractivity (Wildman–Crippen MR) is 104 cm³/mol. The zero-order valence-electron chi connectivity index (χ0n) is 14.9. The van der Waals surface area contributed by atoms with Gasteiger partial charge in [-0.15, -0.1) is 0 Å². The fourth-order valence-electron chi connectivity index (χ4n) is 3.09. The molecule has 2 aromatic carbocycles. The first-order chi connectivity index (χ1) is 13.0. The third-order valence-electron chi connectivity index (χ3n) is 4.52. The minimum absolute atomic E-state index is 0.120. The van der Waals surface area contributed by atoms with Crippen LogP contribution in [0.1, 0.15) is 22.3 Å². The summed E-state index contributed by atoms with van der Waals surface area (Å²) < 4.78 is 0. The van der Waals surface area contributed by atoms with Crippen molar-refractivity contribution in [3.63, 3.8) is 0 Å². The first kappa shape index (κ1) is 18.9. The highest BCUT2D eigenvalue weighted by Gasteiger charge is 2.35. The average molecular weight is 386 g/mol. The van der Waals surface area contributed by atoms with Crippen LogP contribution >= 0.6 is 11.6 Å². The molecule has 1 fully saturated rings. The molecule has 0 radical (unpaired) electrons. The largest absolute Gasteiger partial charge is 0.355 e. The number of para-hydroxylation sites is 1. The molecule has 1 atom stereocenters. The maximum Gasteiger partial charge on any atom is 0.251 e. The highest BCUT2D eigenvalue weighted by molar-refractivity contribution is 6.33. The topological polar surface area (TPSA) is 78.5 Å². The number of anilines is 1. The third kappa shape index (κ3) is 4.28. The molecule has 3 amide bonds. The maximum absolute atomic E-state index is 12.5. The van der Waals surface area contributed by atoms with E-state index in [1.165, 1.54) is 0 Å². The number of halogens is 1. The zero-order valence-corrected chi connectivity index (χ0v) is 15.6. The fraction of sp³-hybridized carbons (Fsp3) is 0.250. The van der Waals surface area contributed by atoms with Gasteiger partial charge in [-0.25, -0.2) is 0 Å². The van der Waals surface area contributed by atoms with Gasteiger partial charge in [-0.1, -0.05) is 35.9 Å². The summed E-state index contributed by atoms with van der Waals surface area (Å²) in [6.45, 7) is 0.590. The van der Waals surface area contributed by atoms with Crippen molar-refractivity contribution in [1.29, 1.82) is 0 Å². The van der Waals surface area contributed by atoms with Crippen molar-refractivity contribution < 1.29 is 14.4 Å². The Labute approximate surface area is 162 Å². The maximum atomic E-state index is 12.5. The Hall–Kier alpha value is -2.86. The molecule has 1 saturated heterocycles. The van der Waals surface area contributed by atoms with Crippen molar-refractivity contribution in [3.05, 3.63) is 64.7 Å². The van der Waals surface area contributed by atoms with Crippen LogP contribution in [0.15, 0.2) is 48.5 Å². The van der Waals surface area contributed by atoms with Gasteiger partial charge in [0, 0.05) is 32.1 Å². The summed E-state index contributed by atoms with van der Waals surface area (Å²) >= 11 is 6.16. The Bertz CT molecular complexity index is 884. The lowest BCUT2D eigenvalue weighted by Crippen LogP contribution is -2.32. The molecule has 0 saturated carbocycles. The lowest BCUT2D eigenvalue weighted by Gasteiger charge is -2.18. The molecule has 1 aliphatic rings. The fourth-order valence-corrected chi connectivity index (χ4v) is 3.32. The molecule has 1 unspecified atom stereocenters. The molecule has 0 bridgehead atoms. The number of hydrogen-bond acceptors (Lipinski definition) is 3. The van der Waals surface area contributed by atoms with E-state index in [1.54, 1.807) is 54.4 Å². The molecule has 1 heterocycles. The van der Waals surface area contributed by atoms with Crippen LogP contribution in [0.4, 0.5) is 5.69 Å². The molecule has 3 rings (SSSR count). The van der Waals surface area contributed by atoms with Crippen molar-refractivity contribution >= 4 is 35.0 Å². The molecule has 0 aliphatic carbocycles. The molecule has 2 aromatic rings. The van der Waals surface area contributed by atoms with Gasteiger partial charge in [0.2, 0.25) is 11.8 Å². The second kappa shape index (κ2) is 8.22. The molecule has 7 heteroatoms. The third-order valence-corrected chi connectivity index (χ3v) is 4.84. The molecule has 140 valence electrons. The highest BCUT2D eigenvalue weighted by Crippen LogP contribution is 2.31. The Kier molecular flexibility index (Phi) is 5.76. The van der Waals surface area contributed by atoms with Gasteiger partial charge in [-0.3, -0.25) is 14.4 Å². The predicted octanol–water partition coefficient (Wildman–Crippen LogP) is 2.37. The van der Waals surface area contributed by atoms with Gasteiger partial charge >= 0.3 is 0 Å². The van der Waals surface area contributed by atoms with E-state index in [1.807, 2.05) is 6.07 Å². The van der Waals surface area contributed by atoms with Crippen molar-refractivity contribution in [3.8, 4) is 0 Å². The van der Waals surface area contributed by atoms with Crippen LogP contribution in [0, 0.1) is 5.92 Å². The number of nitrogens with zero attached hydrogens (tertiary/aromatic N) is 1. The van der Waals surface area contributed by atoms with Crippen molar-refractivity contribution in [2.45, 2.75) is 13.0 Å². The number of carbonyl (C=O) groups excluding carboxylic acids is 3. The standard InChI is InChI=1S/C20H20ClN3O3/c1-22-19(26)14-6-4-5-13(9-14)11-23-20(27)15-10-18(25)24(12-15)17-8-3-2-7-16(17)21/h2-9,15H,10-12H2,1H3,(H,22,26)(H,23,27). The van der Waals surface area contributed by atoms with Crippen LogP contribution in [-0.4, -0.2) is 31.3 Å². The summed E-state index contributed by atoms with van der Waals surface area (Å²) in [4.78, 5) is 38.1. The molecule has 0 aromatic heterocycles. The summed E-state index contributed by atoms with van der Waals surface area (Å²) in [6, 6.07) is 14.1. The number of rotatable bonds is 5. The number of amides is 3. The summed E-state index contributed by atoms with van der Waals surface area (Å²) in [5.74, 6) is -0.927. The Morgan fingerprint density at radius 1 is 1.19 bits per heavy atom. The van der Waals surface area contributed by atoms with E-state index < -0.39 is 5.92 Å². The highest BCUT2D eigenvalue weighted by atomic mass is 35.5. The van der Waals surface area contributed by atoms with E-state index in [4.69, 9.17) is 11.6 Å². The number of carbonyl (C=O) groups is 3. The summed E-state index contributed by atoms with van der Waals surface area (Å²) in [5, 5.41) is 5.90. The van der Waals surface area contributed by atoms with Crippen molar-refractivity contribution in [1.82, 2.24) is 10.6 Å². The average Bonchev–Trinajstić information content (AvgIpc) is 3.07. The molecule has 1 aliphatic heterocycles. The quantitative estimate of drug-likeness (QED) is 0.829. The van der Waals surface area contributed by atoms with Gasteiger partial charge in [0.25, 0.3) is 5.91 Å². The van der Waals surface area contributed by atoms with E-state index >= 15 is 0 Å². The van der Waals surface area contributed by atoms with E-state index in [2.05, 4.69) is 10.6 Å². The van der Waals surface area contributed by atoms with Gasteiger partial charge in [0.05, 0.1) is 16.6 Å². The van der Waals surface area contributed by atoms with Crippen LogP contribution < -0.4 is 15.5 Å². The van der Waals surface area contributed by atoms with Crippen LogP contribution in [0.3, 0.4) is 0 Å². The number of nitrogens with one attached hydrogen (secondary N) is 2. The lowest BCUT2D eigenvalue weighted by molar-refractivity contribution is -0.126. The van der Waals surface area contributed by atoms with E-state index in [9.17, 15) is 14.4 Å². The molecular formula is C20H20ClN3O3. The lowest BCUT2D eigenvalue weighted by atomic mass is 10.1. The van der Waals surface area contributed by atoms with Crippen LogP contribution in [-0.2, 0) is 16.1 Å². The van der Waals surface area contributed by atoms with E-state index in [0.29, 0.717) is 29.4 Å². The normalized spacial score (nSPS) is 16.3. The number of hydrogen-bond donors (Lipinski definition) is 2. The Morgan fingerprint density at radius 2 is 1.96 bits per heavy atom. The van der Waals surface area contributed by atoms with Crippen molar-refractivity contribution in [2.24, 2.45) is 5.92 Å². The second-order valence-corrected chi connectivity index (χ2v) is 6.76. The summed E-state index contributed by atoms with van der Waals surface area (Å²) in [5.41, 5.74) is 1.97. The molecular weight excluding hydrogens is 366 g/mol. The van der Waals surface area contributed by atoms with E-state index in [-0.39, 0.29) is 24.1 Å². The van der Waals surface area contributed by atoms with Crippen molar-refractivity contribution in [2.75, 3.05) is 18.5 Å². The van der Waals surface area contributed by atoms with Crippen LogP contribution in [0.25, 0.3) is 0 Å². The first-order valence-electron chi connectivity index (χ1n) is 8.63. The minimum atomic E-state index is -0.434. The van der Waals surface area contributed by atoms with Crippen LogP contribution in [0.2, 0.25) is 5.02 Å². The SMILES string of the molecule is CNC(=O)c1cccc(CNC(=O)C2CC(=O)N(c3ccccc3Cl)C2)c1. The monoisotopic (exact) mass is 385 g/mol. The van der Waals surface area contributed by atoms with Gasteiger partial charge in [0.1, 0.15) is 0 Å². The molecule has 2 N–H and O–H groups in total. The first-order valence-corrected chi connectivity index (χ1v) is 9.01. The van der Waals surface area contributed by atoms with Gasteiger partial charge in [-0.05, 0) is 29.8 Å². The summed E-state index contributed by atoms with van der Waals surface area (Å²) in [6.07, 6.45) is 0.148. The number of benzene rings is 2.